The molecular weight excluding hydrogens is 128 g/mol. The molecule has 1 fully saturated rings. The molecule has 0 aromatic heterocycles. The Morgan fingerprint density at radius 2 is 2.60 bits per heavy atom. The summed E-state index contributed by atoms with van der Waals surface area (Å²) in [5.41, 5.74) is 5.41. The first-order valence-electron chi connectivity index (χ1n) is 3.59. The number of nitriles is 1. The van der Waals surface area contributed by atoms with Crippen molar-refractivity contribution in [3.05, 3.63) is 0 Å². The average Bonchev–Trinajstić information content (AvgIpc) is 2.40. The molecule has 3 heteroatoms. The number of ether oxygens (including phenoxy) is 1. The van der Waals surface area contributed by atoms with Crippen molar-refractivity contribution in [2.45, 2.75) is 31.4 Å². The SMILES string of the molecule is N#C[C@@H](N)C[C@@H]1CCCO1. The molecule has 0 spiro atoms. The standard InChI is InChI=1S/C7H12N2O/c8-5-6(9)4-7-2-1-3-10-7/h6-7H,1-4,9H2/t6-,7-/m0/s1. The van der Waals surface area contributed by atoms with Crippen LogP contribution in [0.25, 0.3) is 0 Å². The van der Waals surface area contributed by atoms with Gasteiger partial charge in [-0.3, -0.25) is 0 Å². The number of nitrogens with two attached hydrogens (primary N) is 1. The third-order valence-corrected chi connectivity index (χ3v) is 1.71. The second-order valence-corrected chi connectivity index (χ2v) is 2.61. The van der Waals surface area contributed by atoms with Gasteiger partial charge < -0.3 is 10.5 Å². The van der Waals surface area contributed by atoms with E-state index in [0.717, 1.165) is 19.4 Å². The third kappa shape index (κ3) is 1.98. The Bertz CT molecular complexity index is 135. The van der Waals surface area contributed by atoms with Crippen molar-refractivity contribution in [1.82, 2.24) is 0 Å². The molecular formula is C7H12N2O. The van der Waals surface area contributed by atoms with E-state index < -0.39 is 0 Å². The summed E-state index contributed by atoms with van der Waals surface area (Å²) >= 11 is 0. The summed E-state index contributed by atoms with van der Waals surface area (Å²) in [6, 6.07) is 1.65. The predicted molar refractivity (Wildman–Crippen MR) is 37.2 cm³/mol. The van der Waals surface area contributed by atoms with Gasteiger partial charge in [0, 0.05) is 13.0 Å². The van der Waals surface area contributed by atoms with E-state index in [1.165, 1.54) is 0 Å². The second-order valence-electron chi connectivity index (χ2n) is 2.61. The molecule has 0 radical (unpaired) electrons. The summed E-state index contributed by atoms with van der Waals surface area (Å²) in [6.07, 6.45) is 3.11. The van der Waals surface area contributed by atoms with Gasteiger partial charge in [-0.2, -0.15) is 5.26 Å². The first kappa shape index (κ1) is 7.52. The molecule has 0 amide bonds. The molecule has 3 nitrogen and oxygen atoms in total. The maximum absolute atomic E-state index is 8.36. The van der Waals surface area contributed by atoms with Crippen LogP contribution in [-0.4, -0.2) is 18.8 Å². The molecule has 1 aliphatic rings. The number of hydrogen-bond acceptors (Lipinski definition) is 3. The Kier molecular flexibility index (Phi) is 2.67. The highest BCUT2D eigenvalue weighted by molar-refractivity contribution is 4.89. The van der Waals surface area contributed by atoms with E-state index in [-0.39, 0.29) is 12.1 Å². The van der Waals surface area contributed by atoms with Gasteiger partial charge in [0.05, 0.1) is 18.2 Å². The molecule has 0 aromatic carbocycles. The first-order valence-corrected chi connectivity index (χ1v) is 3.59. The summed E-state index contributed by atoms with van der Waals surface area (Å²) in [5.74, 6) is 0. The van der Waals surface area contributed by atoms with Gasteiger partial charge in [0.1, 0.15) is 0 Å². The molecule has 0 aliphatic carbocycles. The van der Waals surface area contributed by atoms with Crippen molar-refractivity contribution >= 4 is 0 Å². The van der Waals surface area contributed by atoms with Gasteiger partial charge in [-0.25, -0.2) is 0 Å². The molecule has 0 saturated carbocycles. The minimum Gasteiger partial charge on any atom is -0.378 e. The fourth-order valence-electron chi connectivity index (χ4n) is 1.17. The van der Waals surface area contributed by atoms with E-state index >= 15 is 0 Å². The molecule has 1 rings (SSSR count). The Morgan fingerprint density at radius 3 is 3.10 bits per heavy atom. The molecule has 0 aromatic rings. The summed E-state index contributed by atoms with van der Waals surface area (Å²) in [5, 5.41) is 8.36. The van der Waals surface area contributed by atoms with Crippen molar-refractivity contribution in [2.24, 2.45) is 5.73 Å². The van der Waals surface area contributed by atoms with Crippen LogP contribution < -0.4 is 5.73 Å². The zero-order valence-electron chi connectivity index (χ0n) is 5.92. The van der Waals surface area contributed by atoms with Crippen molar-refractivity contribution in [1.29, 1.82) is 5.26 Å². The molecule has 1 heterocycles. The fourth-order valence-corrected chi connectivity index (χ4v) is 1.17. The molecule has 10 heavy (non-hydrogen) atoms. The number of hydrogen-bond donors (Lipinski definition) is 1. The van der Waals surface area contributed by atoms with E-state index in [0.29, 0.717) is 6.42 Å². The average molecular weight is 140 g/mol. The Balaban J connectivity index is 2.19. The van der Waals surface area contributed by atoms with Crippen molar-refractivity contribution in [3.63, 3.8) is 0 Å². The van der Waals surface area contributed by atoms with Gasteiger partial charge in [-0.05, 0) is 12.8 Å². The minimum atomic E-state index is -0.344. The minimum absolute atomic E-state index is 0.245. The molecule has 56 valence electrons. The summed E-state index contributed by atoms with van der Waals surface area (Å²) < 4.78 is 5.29. The van der Waals surface area contributed by atoms with Crippen LogP contribution in [0.3, 0.4) is 0 Å². The van der Waals surface area contributed by atoms with E-state index in [9.17, 15) is 0 Å². The highest BCUT2D eigenvalue weighted by Crippen LogP contribution is 2.15. The van der Waals surface area contributed by atoms with Gasteiger partial charge in [0.2, 0.25) is 0 Å². The lowest BCUT2D eigenvalue weighted by atomic mass is 10.1. The first-order chi connectivity index (χ1) is 4.83. The number of rotatable bonds is 2. The van der Waals surface area contributed by atoms with Gasteiger partial charge >= 0.3 is 0 Å². The molecule has 0 unspecified atom stereocenters. The van der Waals surface area contributed by atoms with Crippen LogP contribution in [0, 0.1) is 11.3 Å². The van der Waals surface area contributed by atoms with Gasteiger partial charge in [-0.15, -0.1) is 0 Å². The largest absolute Gasteiger partial charge is 0.378 e. The van der Waals surface area contributed by atoms with Gasteiger partial charge in [-0.1, -0.05) is 0 Å². The molecule has 1 aliphatic heterocycles. The number of nitrogens with zero attached hydrogens (tertiary/aromatic N) is 1. The highest BCUT2D eigenvalue weighted by atomic mass is 16.5. The smallest absolute Gasteiger partial charge is 0.0952 e. The van der Waals surface area contributed by atoms with Crippen LogP contribution in [0.5, 0.6) is 0 Å². The molecule has 1 saturated heterocycles. The van der Waals surface area contributed by atoms with Crippen molar-refractivity contribution < 1.29 is 4.74 Å². The monoisotopic (exact) mass is 140 g/mol. The van der Waals surface area contributed by atoms with Gasteiger partial charge in [0.25, 0.3) is 0 Å². The van der Waals surface area contributed by atoms with Crippen LogP contribution >= 0.6 is 0 Å². The van der Waals surface area contributed by atoms with E-state index in [1.807, 2.05) is 6.07 Å². The van der Waals surface area contributed by atoms with E-state index in [1.54, 1.807) is 0 Å². The normalized spacial score (nSPS) is 27.8. The van der Waals surface area contributed by atoms with Crippen LogP contribution in [0.1, 0.15) is 19.3 Å². The molecule has 2 N–H and O–H groups in total. The third-order valence-electron chi connectivity index (χ3n) is 1.71. The van der Waals surface area contributed by atoms with Crippen molar-refractivity contribution in [3.8, 4) is 6.07 Å². The quantitative estimate of drug-likeness (QED) is 0.604. The van der Waals surface area contributed by atoms with Crippen LogP contribution in [0.2, 0.25) is 0 Å². The molecule has 2 atom stereocenters. The van der Waals surface area contributed by atoms with Crippen LogP contribution in [-0.2, 0) is 4.74 Å². The van der Waals surface area contributed by atoms with Gasteiger partial charge in [0.15, 0.2) is 0 Å². The fraction of sp³-hybridized carbons (Fsp3) is 0.857. The van der Waals surface area contributed by atoms with Crippen LogP contribution in [0.15, 0.2) is 0 Å². The van der Waals surface area contributed by atoms with E-state index in [2.05, 4.69) is 0 Å². The summed E-state index contributed by atoms with van der Waals surface area (Å²) in [4.78, 5) is 0. The van der Waals surface area contributed by atoms with Crippen molar-refractivity contribution in [2.75, 3.05) is 6.61 Å². The lowest BCUT2D eigenvalue weighted by Gasteiger charge is -2.08. The second kappa shape index (κ2) is 3.55. The lowest BCUT2D eigenvalue weighted by molar-refractivity contribution is 0.102. The maximum atomic E-state index is 8.36. The topological polar surface area (TPSA) is 59.0 Å². The highest BCUT2D eigenvalue weighted by Gasteiger charge is 2.17. The predicted octanol–water partition coefficient (Wildman–Crippen LogP) is 0.406. The summed E-state index contributed by atoms with van der Waals surface area (Å²) in [6.45, 7) is 0.836. The lowest BCUT2D eigenvalue weighted by Crippen LogP contribution is -2.23. The Morgan fingerprint density at radius 1 is 1.80 bits per heavy atom. The maximum Gasteiger partial charge on any atom is 0.0952 e. The molecule has 0 bridgehead atoms. The zero-order chi connectivity index (χ0) is 7.40. The summed E-state index contributed by atoms with van der Waals surface area (Å²) in [7, 11) is 0. The van der Waals surface area contributed by atoms with Crippen LogP contribution in [0.4, 0.5) is 0 Å². The van der Waals surface area contributed by atoms with E-state index in [4.69, 9.17) is 15.7 Å². The Labute approximate surface area is 60.8 Å². The zero-order valence-corrected chi connectivity index (χ0v) is 5.92. The Hall–Kier alpha value is -0.590.